The number of aromatic nitrogens is 4. The van der Waals surface area contributed by atoms with Crippen LogP contribution in [0.2, 0.25) is 0 Å². The van der Waals surface area contributed by atoms with Gasteiger partial charge in [0.2, 0.25) is 0 Å². The van der Waals surface area contributed by atoms with Gasteiger partial charge in [0, 0.05) is 26.4 Å². The van der Waals surface area contributed by atoms with Crippen LogP contribution in [0.3, 0.4) is 0 Å². The van der Waals surface area contributed by atoms with Crippen LogP contribution in [0.25, 0.3) is 5.65 Å². The lowest BCUT2D eigenvalue weighted by atomic mass is 9.89. The molecule has 2 aliphatic carbocycles. The number of hydrogen-bond acceptors (Lipinski definition) is 8. The number of ether oxygens (including phenoxy) is 1. The molecule has 34 heavy (non-hydrogen) atoms. The van der Waals surface area contributed by atoms with Crippen LogP contribution >= 0.6 is 0 Å². The van der Waals surface area contributed by atoms with Gasteiger partial charge in [0.05, 0.1) is 30.5 Å². The Morgan fingerprint density at radius 1 is 1.26 bits per heavy atom. The fraction of sp³-hybridized carbons (Fsp3) is 0.478. The fourth-order valence-electron chi connectivity index (χ4n) is 4.78. The van der Waals surface area contributed by atoms with Crippen LogP contribution in [0.5, 0.6) is 0 Å². The molecular weight excluding hydrogens is 438 g/mol. The number of aliphatic hydroxyl groups excluding tert-OH is 1. The third kappa shape index (κ3) is 3.90. The number of hydrogen-bond donors (Lipinski definition) is 4. The monoisotopic (exact) mass is 467 g/mol. The summed E-state index contributed by atoms with van der Waals surface area (Å²) in [5, 5.41) is 23.7. The molecular formula is C23H29N7O4. The number of amides is 1. The average Bonchev–Trinajstić information content (AvgIpc) is 3.44. The fourth-order valence-corrected chi connectivity index (χ4v) is 4.78. The smallest absolute Gasteiger partial charge is 0.274 e. The van der Waals surface area contributed by atoms with E-state index >= 15 is 0 Å². The Hall–Kier alpha value is -3.44. The predicted octanol–water partition coefficient (Wildman–Crippen LogP) is 1.67. The van der Waals surface area contributed by atoms with Crippen LogP contribution in [0, 0.1) is 0 Å². The van der Waals surface area contributed by atoms with Gasteiger partial charge in [-0.15, -0.1) is 0 Å². The van der Waals surface area contributed by atoms with E-state index in [2.05, 4.69) is 26.0 Å². The molecule has 2 saturated carbocycles. The van der Waals surface area contributed by atoms with Crippen molar-refractivity contribution in [2.45, 2.75) is 56.4 Å². The van der Waals surface area contributed by atoms with Crippen LogP contribution in [0.15, 0.2) is 35.4 Å². The SMILES string of the molecule is CNc1cc(Nc2cccn([C@H]3CCC[C@H]3O)c2=O)nc2c(C(=O)N[C@@H]3CC[C@H]3OC)cnn12. The number of carbonyl (C=O) groups is 1. The molecule has 0 radical (unpaired) electrons. The maximum Gasteiger partial charge on any atom is 0.274 e. The summed E-state index contributed by atoms with van der Waals surface area (Å²) in [7, 11) is 3.39. The first-order chi connectivity index (χ1) is 16.5. The number of carbonyl (C=O) groups excluding carboxylic acids is 1. The maximum atomic E-state index is 13.1. The molecule has 180 valence electrons. The third-order valence-electron chi connectivity index (χ3n) is 6.84. The van der Waals surface area contributed by atoms with Crippen molar-refractivity contribution in [3.05, 3.63) is 46.5 Å². The van der Waals surface area contributed by atoms with Gasteiger partial charge in [-0.3, -0.25) is 9.59 Å². The van der Waals surface area contributed by atoms with E-state index < -0.39 is 6.10 Å². The highest BCUT2D eigenvalue weighted by Gasteiger charge is 2.33. The first-order valence-electron chi connectivity index (χ1n) is 11.6. The Labute approximate surface area is 196 Å². The first kappa shape index (κ1) is 22.4. The normalized spacial score (nSPS) is 24.1. The van der Waals surface area contributed by atoms with Crippen LogP contribution in [0.4, 0.5) is 17.3 Å². The molecule has 0 aliphatic heterocycles. The minimum atomic E-state index is -0.528. The van der Waals surface area contributed by atoms with Crippen molar-refractivity contribution in [2.75, 3.05) is 24.8 Å². The highest BCUT2D eigenvalue weighted by atomic mass is 16.5. The van der Waals surface area contributed by atoms with E-state index in [1.165, 1.54) is 6.20 Å². The van der Waals surface area contributed by atoms with Gasteiger partial charge in [0.25, 0.3) is 11.5 Å². The Balaban J connectivity index is 1.46. The number of nitrogens with one attached hydrogen (secondary N) is 3. The molecule has 3 aromatic rings. The second-order valence-electron chi connectivity index (χ2n) is 8.83. The number of fused-ring (bicyclic) bond motifs is 1. The summed E-state index contributed by atoms with van der Waals surface area (Å²) in [6.07, 6.45) is 6.80. The van der Waals surface area contributed by atoms with Crippen LogP contribution in [0.1, 0.15) is 48.5 Å². The van der Waals surface area contributed by atoms with Gasteiger partial charge in [0.1, 0.15) is 22.9 Å². The molecule has 2 fully saturated rings. The zero-order chi connectivity index (χ0) is 23.8. The summed E-state index contributed by atoms with van der Waals surface area (Å²) < 4.78 is 8.50. The van der Waals surface area contributed by atoms with Crippen molar-refractivity contribution in [1.29, 1.82) is 0 Å². The number of anilines is 3. The summed E-state index contributed by atoms with van der Waals surface area (Å²) in [5.41, 5.74) is 0.802. The van der Waals surface area contributed by atoms with Crippen LogP contribution < -0.4 is 21.5 Å². The van der Waals surface area contributed by atoms with E-state index in [1.54, 1.807) is 47.6 Å². The molecule has 5 rings (SSSR count). The van der Waals surface area contributed by atoms with Gasteiger partial charge in [-0.25, -0.2) is 4.98 Å². The molecule has 4 N–H and O–H groups in total. The molecule has 0 unspecified atom stereocenters. The van der Waals surface area contributed by atoms with Crippen molar-refractivity contribution in [3.8, 4) is 0 Å². The Kier molecular flexibility index (Phi) is 5.96. The number of methoxy groups -OCH3 is 1. The number of rotatable bonds is 7. The van der Waals surface area contributed by atoms with Crippen molar-refractivity contribution >= 4 is 28.9 Å². The summed E-state index contributed by atoms with van der Waals surface area (Å²) in [5.74, 6) is 0.727. The lowest BCUT2D eigenvalue weighted by Gasteiger charge is -2.35. The summed E-state index contributed by atoms with van der Waals surface area (Å²) >= 11 is 0. The van der Waals surface area contributed by atoms with Crippen LogP contribution in [-0.2, 0) is 4.74 Å². The first-order valence-corrected chi connectivity index (χ1v) is 11.6. The zero-order valence-electron chi connectivity index (χ0n) is 19.2. The Morgan fingerprint density at radius 2 is 2.12 bits per heavy atom. The minimum absolute atomic E-state index is 0.0162. The molecule has 0 saturated heterocycles. The van der Waals surface area contributed by atoms with E-state index in [0.29, 0.717) is 35.0 Å². The largest absolute Gasteiger partial charge is 0.391 e. The molecule has 0 aromatic carbocycles. The molecule has 0 bridgehead atoms. The molecule has 3 aromatic heterocycles. The van der Waals surface area contributed by atoms with Gasteiger partial charge < -0.3 is 30.4 Å². The van der Waals surface area contributed by atoms with Crippen molar-refractivity contribution < 1.29 is 14.6 Å². The van der Waals surface area contributed by atoms with Crippen molar-refractivity contribution in [3.63, 3.8) is 0 Å². The topological polar surface area (TPSA) is 135 Å². The van der Waals surface area contributed by atoms with E-state index in [1.807, 2.05) is 0 Å². The van der Waals surface area contributed by atoms with Gasteiger partial charge in [-0.2, -0.15) is 9.61 Å². The van der Waals surface area contributed by atoms with Gasteiger partial charge in [0.15, 0.2) is 5.65 Å². The third-order valence-corrected chi connectivity index (χ3v) is 6.84. The van der Waals surface area contributed by atoms with Crippen molar-refractivity contribution in [2.24, 2.45) is 0 Å². The molecule has 3 heterocycles. The molecule has 2 aliphatic rings. The lowest BCUT2D eigenvalue weighted by molar-refractivity contribution is 0.00732. The average molecular weight is 468 g/mol. The number of pyridine rings is 1. The second-order valence-corrected chi connectivity index (χ2v) is 8.83. The van der Waals surface area contributed by atoms with E-state index in [0.717, 1.165) is 25.7 Å². The minimum Gasteiger partial charge on any atom is -0.391 e. The van der Waals surface area contributed by atoms with E-state index in [-0.39, 0.29) is 29.7 Å². The van der Waals surface area contributed by atoms with Gasteiger partial charge >= 0.3 is 0 Å². The Morgan fingerprint density at radius 3 is 2.79 bits per heavy atom. The molecule has 0 spiro atoms. The van der Waals surface area contributed by atoms with E-state index in [9.17, 15) is 14.7 Å². The van der Waals surface area contributed by atoms with E-state index in [4.69, 9.17) is 4.74 Å². The molecule has 4 atom stereocenters. The van der Waals surface area contributed by atoms with Crippen molar-refractivity contribution in [1.82, 2.24) is 24.5 Å². The summed E-state index contributed by atoms with van der Waals surface area (Å²) in [4.78, 5) is 30.7. The Bertz CT molecular complexity index is 1270. The zero-order valence-corrected chi connectivity index (χ0v) is 19.2. The quantitative estimate of drug-likeness (QED) is 0.412. The maximum absolute atomic E-state index is 13.1. The summed E-state index contributed by atoms with van der Waals surface area (Å²) in [6, 6.07) is 4.90. The lowest BCUT2D eigenvalue weighted by Crippen LogP contribution is -2.51. The standard InChI is InChI=1S/C23H29N7O4/c1-24-20-11-19(26-15-5-4-10-29(23(15)33)16-6-3-7-17(16)31)28-21-13(12-25-30(20)21)22(32)27-14-8-9-18(14)34-2/h4-5,10-12,14,16-18,24,31H,3,6-9H2,1-2H3,(H,26,28)(H,27,32)/t14-,16+,17-,18-/m1/s1. The number of nitrogens with zero attached hydrogens (tertiary/aromatic N) is 4. The molecule has 1 amide bonds. The highest BCUT2D eigenvalue weighted by Crippen LogP contribution is 2.29. The van der Waals surface area contributed by atoms with Gasteiger partial charge in [-0.05, 0) is 44.2 Å². The number of aliphatic hydroxyl groups is 1. The molecule has 11 heteroatoms. The summed E-state index contributed by atoms with van der Waals surface area (Å²) in [6.45, 7) is 0. The second kappa shape index (κ2) is 9.07. The molecule has 11 nitrogen and oxygen atoms in total. The highest BCUT2D eigenvalue weighted by molar-refractivity contribution is 6.00. The van der Waals surface area contributed by atoms with Crippen LogP contribution in [-0.4, -0.2) is 62.6 Å². The predicted molar refractivity (Wildman–Crippen MR) is 127 cm³/mol. The van der Waals surface area contributed by atoms with Gasteiger partial charge in [-0.1, -0.05) is 0 Å².